The molecule has 0 aromatic heterocycles. The van der Waals surface area contributed by atoms with Crippen molar-refractivity contribution in [1.29, 1.82) is 0 Å². The van der Waals surface area contributed by atoms with Gasteiger partial charge in [0, 0.05) is 10.5 Å². The van der Waals surface area contributed by atoms with Gasteiger partial charge in [0.25, 0.3) is 0 Å². The van der Waals surface area contributed by atoms with Gasteiger partial charge in [-0.15, -0.1) is 0 Å². The van der Waals surface area contributed by atoms with Crippen molar-refractivity contribution in [3.63, 3.8) is 0 Å². The standard InChI is InChI=1S/C19H30OS/c1-18-8-7-14-12(13(18)5-6-17(18)20)4-3-11-9-15-16(21-15)10-19(11,14)2/h11-17,20H,3-10H2,1-2H3. The van der Waals surface area contributed by atoms with Crippen LogP contribution in [-0.4, -0.2) is 21.7 Å². The molecule has 9 unspecified atom stereocenters. The average Bonchev–Trinajstić information content (AvgIpc) is 3.12. The Morgan fingerprint density at radius 3 is 2.57 bits per heavy atom. The molecule has 1 nitrogen and oxygen atoms in total. The highest BCUT2D eigenvalue weighted by Gasteiger charge is 2.63. The molecule has 1 N–H and O–H groups in total. The molecule has 0 aromatic carbocycles. The summed E-state index contributed by atoms with van der Waals surface area (Å²) in [4.78, 5) is 0. The van der Waals surface area contributed by atoms with Gasteiger partial charge in [0.2, 0.25) is 0 Å². The molecule has 4 saturated carbocycles. The van der Waals surface area contributed by atoms with Gasteiger partial charge in [-0.25, -0.2) is 0 Å². The van der Waals surface area contributed by atoms with Crippen LogP contribution in [0.5, 0.6) is 0 Å². The van der Waals surface area contributed by atoms with Gasteiger partial charge < -0.3 is 5.11 Å². The number of fused-ring (bicyclic) bond motifs is 6. The third-order valence-electron chi connectivity index (χ3n) is 8.86. The molecule has 4 aliphatic carbocycles. The van der Waals surface area contributed by atoms with Crippen molar-refractivity contribution < 1.29 is 5.11 Å². The van der Waals surface area contributed by atoms with Gasteiger partial charge in [0.15, 0.2) is 0 Å². The Bertz CT molecular complexity index is 464. The zero-order valence-electron chi connectivity index (χ0n) is 13.6. The zero-order valence-corrected chi connectivity index (χ0v) is 14.4. The summed E-state index contributed by atoms with van der Waals surface area (Å²) in [6.07, 6.45) is 11.1. The largest absolute Gasteiger partial charge is 0.393 e. The minimum Gasteiger partial charge on any atom is -0.393 e. The predicted octanol–water partition coefficient (Wildman–Crippen LogP) is 4.48. The molecule has 0 spiro atoms. The third-order valence-corrected chi connectivity index (χ3v) is 10.3. The first-order chi connectivity index (χ1) is 10.0. The Hall–Kier alpha value is 0.310. The first kappa shape index (κ1) is 13.7. The fourth-order valence-electron chi connectivity index (χ4n) is 7.49. The van der Waals surface area contributed by atoms with Gasteiger partial charge in [-0.1, -0.05) is 13.8 Å². The second-order valence-electron chi connectivity index (χ2n) is 9.45. The average molecular weight is 307 g/mol. The number of aliphatic hydroxyl groups excluding tert-OH is 1. The summed E-state index contributed by atoms with van der Waals surface area (Å²) in [5, 5.41) is 12.6. The fraction of sp³-hybridized carbons (Fsp3) is 1.00. The van der Waals surface area contributed by atoms with E-state index in [1.165, 1.54) is 44.9 Å². The van der Waals surface area contributed by atoms with Crippen molar-refractivity contribution in [2.24, 2.45) is 34.5 Å². The molecule has 5 rings (SSSR count). The minimum atomic E-state index is -0.0105. The number of hydrogen-bond donors (Lipinski definition) is 1. The van der Waals surface area contributed by atoms with Gasteiger partial charge in [-0.2, -0.15) is 11.8 Å². The predicted molar refractivity (Wildman–Crippen MR) is 88.3 cm³/mol. The topological polar surface area (TPSA) is 20.2 Å². The molecule has 0 radical (unpaired) electrons. The van der Waals surface area contributed by atoms with E-state index in [2.05, 4.69) is 25.6 Å². The van der Waals surface area contributed by atoms with Crippen LogP contribution in [0.15, 0.2) is 0 Å². The monoisotopic (exact) mass is 306 g/mol. The Balaban J connectivity index is 1.47. The molecular weight excluding hydrogens is 276 g/mol. The molecule has 5 aliphatic rings. The summed E-state index contributed by atoms with van der Waals surface area (Å²) in [5.74, 6) is 3.75. The van der Waals surface area contributed by atoms with Crippen molar-refractivity contribution >= 4 is 11.8 Å². The molecule has 1 heterocycles. The summed E-state index contributed by atoms with van der Waals surface area (Å²) >= 11 is 2.28. The number of thioether (sulfide) groups is 1. The second-order valence-corrected chi connectivity index (χ2v) is 10.9. The van der Waals surface area contributed by atoms with Crippen LogP contribution in [-0.2, 0) is 0 Å². The van der Waals surface area contributed by atoms with Crippen LogP contribution in [0.2, 0.25) is 0 Å². The maximum atomic E-state index is 10.5. The number of rotatable bonds is 0. The first-order valence-electron chi connectivity index (χ1n) is 9.36. The van der Waals surface area contributed by atoms with Crippen molar-refractivity contribution in [1.82, 2.24) is 0 Å². The van der Waals surface area contributed by atoms with E-state index in [1.807, 2.05) is 0 Å². The lowest BCUT2D eigenvalue weighted by Gasteiger charge is -2.60. The molecule has 0 aromatic rings. The Morgan fingerprint density at radius 2 is 1.71 bits per heavy atom. The maximum absolute atomic E-state index is 10.5. The van der Waals surface area contributed by atoms with Crippen molar-refractivity contribution in [2.45, 2.75) is 81.8 Å². The molecule has 21 heavy (non-hydrogen) atoms. The first-order valence-corrected chi connectivity index (χ1v) is 10.3. The van der Waals surface area contributed by atoms with Gasteiger partial charge in [-0.3, -0.25) is 0 Å². The Labute approximate surface area is 133 Å². The summed E-state index contributed by atoms with van der Waals surface area (Å²) in [6, 6.07) is 0. The Kier molecular flexibility index (Phi) is 2.76. The minimum absolute atomic E-state index is 0.0105. The van der Waals surface area contributed by atoms with Gasteiger partial charge >= 0.3 is 0 Å². The molecule has 0 amide bonds. The van der Waals surface area contributed by atoms with Crippen LogP contribution < -0.4 is 0 Å². The van der Waals surface area contributed by atoms with E-state index < -0.39 is 0 Å². The molecule has 9 atom stereocenters. The van der Waals surface area contributed by atoms with Crippen LogP contribution in [0.3, 0.4) is 0 Å². The lowest BCUT2D eigenvalue weighted by molar-refractivity contribution is -0.116. The lowest BCUT2D eigenvalue weighted by atomic mass is 9.45. The summed E-state index contributed by atoms with van der Waals surface area (Å²) in [7, 11) is 0. The second kappa shape index (κ2) is 4.23. The maximum Gasteiger partial charge on any atom is 0.0596 e. The van der Waals surface area contributed by atoms with E-state index in [9.17, 15) is 5.11 Å². The van der Waals surface area contributed by atoms with Gasteiger partial charge in [-0.05, 0) is 85.9 Å². The number of hydrogen-bond acceptors (Lipinski definition) is 2. The van der Waals surface area contributed by atoms with Gasteiger partial charge in [0.05, 0.1) is 6.10 Å². The Morgan fingerprint density at radius 1 is 0.905 bits per heavy atom. The lowest BCUT2D eigenvalue weighted by Crippen LogP contribution is -2.54. The van der Waals surface area contributed by atoms with E-state index in [1.54, 1.807) is 0 Å². The van der Waals surface area contributed by atoms with E-state index in [-0.39, 0.29) is 11.5 Å². The van der Waals surface area contributed by atoms with Crippen molar-refractivity contribution in [3.05, 3.63) is 0 Å². The van der Waals surface area contributed by atoms with Crippen molar-refractivity contribution in [2.75, 3.05) is 0 Å². The SMILES string of the molecule is CC12CCC3C(CCC4CC5SC5CC43C)C1CCC2O. The quantitative estimate of drug-likeness (QED) is 0.666. The summed E-state index contributed by atoms with van der Waals surface area (Å²) in [5.41, 5.74) is 0.901. The van der Waals surface area contributed by atoms with Crippen LogP contribution in [0, 0.1) is 34.5 Å². The van der Waals surface area contributed by atoms with E-state index in [4.69, 9.17) is 0 Å². The van der Waals surface area contributed by atoms with Crippen LogP contribution in [0.4, 0.5) is 0 Å². The number of aliphatic hydroxyl groups is 1. The molecule has 1 aliphatic heterocycles. The smallest absolute Gasteiger partial charge is 0.0596 e. The third kappa shape index (κ3) is 1.70. The molecule has 0 bridgehead atoms. The highest BCUT2D eigenvalue weighted by atomic mass is 32.2. The zero-order chi connectivity index (χ0) is 14.4. The summed E-state index contributed by atoms with van der Waals surface area (Å²) in [6.45, 7) is 5.07. The van der Waals surface area contributed by atoms with Crippen LogP contribution in [0.25, 0.3) is 0 Å². The fourth-order valence-corrected chi connectivity index (χ4v) is 8.86. The van der Waals surface area contributed by atoms with E-state index >= 15 is 0 Å². The van der Waals surface area contributed by atoms with E-state index in [0.717, 1.165) is 40.6 Å². The van der Waals surface area contributed by atoms with Crippen LogP contribution in [0.1, 0.15) is 65.2 Å². The van der Waals surface area contributed by atoms with Crippen molar-refractivity contribution in [3.8, 4) is 0 Å². The van der Waals surface area contributed by atoms with Crippen LogP contribution >= 0.6 is 11.8 Å². The highest BCUT2D eigenvalue weighted by Crippen LogP contribution is 2.70. The summed E-state index contributed by atoms with van der Waals surface area (Å²) < 4.78 is 0. The van der Waals surface area contributed by atoms with E-state index in [0.29, 0.717) is 5.41 Å². The molecule has 2 heteroatoms. The molecule has 118 valence electrons. The normalized spacial score (nSPS) is 65.0. The highest BCUT2D eigenvalue weighted by molar-refractivity contribution is 8.07. The molecule has 5 fully saturated rings. The van der Waals surface area contributed by atoms with Gasteiger partial charge in [0.1, 0.15) is 0 Å². The molecular formula is C19H30OS. The molecule has 1 saturated heterocycles.